The van der Waals surface area contributed by atoms with Crippen LogP contribution in [0, 0.1) is 0 Å². The second kappa shape index (κ2) is 10.4. The Labute approximate surface area is 218 Å². The highest BCUT2D eigenvalue weighted by Crippen LogP contribution is 2.39. The number of likely N-dealkylation sites (tertiary alicyclic amines) is 1. The molecule has 2 aliphatic heterocycles. The predicted octanol–water partition coefficient (Wildman–Crippen LogP) is 6.21. The Hall–Kier alpha value is -3.92. The van der Waals surface area contributed by atoms with Gasteiger partial charge in [0.15, 0.2) is 0 Å². The molecule has 1 saturated heterocycles. The van der Waals surface area contributed by atoms with Crippen LogP contribution in [0.1, 0.15) is 36.5 Å². The van der Waals surface area contributed by atoms with Crippen molar-refractivity contribution < 1.29 is 22.7 Å². The number of aliphatic imine (C=N–C) groups is 1. The van der Waals surface area contributed by atoms with Gasteiger partial charge in [-0.1, -0.05) is 12.1 Å². The van der Waals surface area contributed by atoms with Crippen molar-refractivity contribution in [2.45, 2.75) is 38.6 Å². The van der Waals surface area contributed by atoms with Crippen molar-refractivity contribution in [3.63, 3.8) is 0 Å². The van der Waals surface area contributed by atoms with Crippen LogP contribution in [-0.4, -0.2) is 47.9 Å². The molecule has 1 fully saturated rings. The number of amides is 2. The van der Waals surface area contributed by atoms with Gasteiger partial charge in [0.05, 0.1) is 12.1 Å². The standard InChI is InChI=1S/C28H28F3N5O2/c1-17-26-19(15-33-17)14-32-16-23(26)18-3-5-20(6-4-18)34-27(37)35-21-7-8-25(24(13-21)28(29,30)31)38-22-9-11-36(2)12-10-22/h3-8,13-14,16,22H,9-12,15H2,1-2H3,(H2,34,35,37). The van der Waals surface area contributed by atoms with Crippen LogP contribution in [0.5, 0.6) is 5.75 Å². The molecule has 10 heteroatoms. The number of carbonyl (C=O) groups excluding carboxylic acids is 1. The normalized spacial score (nSPS) is 16.1. The summed E-state index contributed by atoms with van der Waals surface area (Å²) in [5.41, 5.74) is 4.58. The molecule has 0 atom stereocenters. The van der Waals surface area contributed by atoms with Crippen LogP contribution in [0.2, 0.25) is 0 Å². The summed E-state index contributed by atoms with van der Waals surface area (Å²) in [6, 6.07) is 10.1. The van der Waals surface area contributed by atoms with Gasteiger partial charge >= 0.3 is 12.2 Å². The smallest absolute Gasteiger partial charge is 0.420 e. The third-order valence-electron chi connectivity index (χ3n) is 6.83. The van der Waals surface area contributed by atoms with Crippen molar-refractivity contribution in [2.24, 2.45) is 4.99 Å². The molecule has 2 aromatic carbocycles. The lowest BCUT2D eigenvalue weighted by molar-refractivity contribution is -0.139. The molecular formula is C28H28F3N5O2. The number of hydrogen-bond donors (Lipinski definition) is 2. The Balaban J connectivity index is 1.26. The number of nitrogens with zero attached hydrogens (tertiary/aromatic N) is 3. The molecule has 0 saturated carbocycles. The van der Waals surface area contributed by atoms with E-state index in [0.717, 1.165) is 47.1 Å². The Bertz CT molecular complexity index is 1360. The molecule has 5 rings (SSSR count). The zero-order valence-electron chi connectivity index (χ0n) is 21.1. The average molecular weight is 524 g/mol. The molecule has 1 aromatic heterocycles. The molecule has 38 heavy (non-hydrogen) atoms. The number of aromatic nitrogens is 1. The Kier molecular flexibility index (Phi) is 7.07. The molecule has 0 unspecified atom stereocenters. The number of carbonyl (C=O) groups is 1. The summed E-state index contributed by atoms with van der Waals surface area (Å²) >= 11 is 0. The van der Waals surface area contributed by atoms with Crippen LogP contribution >= 0.6 is 0 Å². The molecule has 7 nitrogen and oxygen atoms in total. The summed E-state index contributed by atoms with van der Waals surface area (Å²) < 4.78 is 47.1. The van der Waals surface area contributed by atoms with Gasteiger partial charge in [-0.2, -0.15) is 13.2 Å². The number of anilines is 2. The van der Waals surface area contributed by atoms with E-state index in [9.17, 15) is 18.0 Å². The fraction of sp³-hybridized carbons (Fsp3) is 0.321. The maximum atomic E-state index is 13.8. The number of rotatable bonds is 5. The number of alkyl halides is 3. The molecule has 3 heterocycles. The molecule has 198 valence electrons. The van der Waals surface area contributed by atoms with Crippen molar-refractivity contribution in [3.8, 4) is 16.9 Å². The van der Waals surface area contributed by atoms with Gasteiger partial charge in [0.25, 0.3) is 0 Å². The van der Waals surface area contributed by atoms with Gasteiger partial charge in [-0.3, -0.25) is 9.98 Å². The lowest BCUT2D eigenvalue weighted by atomic mass is 9.97. The maximum Gasteiger partial charge on any atom is 0.420 e. The van der Waals surface area contributed by atoms with Crippen molar-refractivity contribution in [1.82, 2.24) is 9.88 Å². The van der Waals surface area contributed by atoms with E-state index in [0.29, 0.717) is 25.1 Å². The fourth-order valence-electron chi connectivity index (χ4n) is 4.79. The highest BCUT2D eigenvalue weighted by molar-refractivity contribution is 6.07. The Morgan fingerprint density at radius 2 is 1.71 bits per heavy atom. The lowest BCUT2D eigenvalue weighted by Crippen LogP contribution is -2.36. The van der Waals surface area contributed by atoms with Crippen molar-refractivity contribution in [1.29, 1.82) is 0 Å². The minimum atomic E-state index is -4.62. The summed E-state index contributed by atoms with van der Waals surface area (Å²) in [6.45, 7) is 4.12. The predicted molar refractivity (Wildman–Crippen MR) is 141 cm³/mol. The summed E-state index contributed by atoms with van der Waals surface area (Å²) in [7, 11) is 1.97. The first-order chi connectivity index (χ1) is 18.2. The third-order valence-corrected chi connectivity index (χ3v) is 6.83. The fourth-order valence-corrected chi connectivity index (χ4v) is 4.79. The van der Waals surface area contributed by atoms with Crippen molar-refractivity contribution in [2.75, 3.05) is 30.8 Å². The van der Waals surface area contributed by atoms with Gasteiger partial charge < -0.3 is 20.3 Å². The number of ether oxygens (including phenoxy) is 1. The van der Waals surface area contributed by atoms with E-state index in [1.165, 1.54) is 12.1 Å². The quantitative estimate of drug-likeness (QED) is 0.417. The Morgan fingerprint density at radius 1 is 1.03 bits per heavy atom. The van der Waals surface area contributed by atoms with E-state index >= 15 is 0 Å². The number of halogens is 3. The molecule has 3 aromatic rings. The number of fused-ring (bicyclic) bond motifs is 1. The van der Waals surface area contributed by atoms with Crippen LogP contribution in [0.15, 0.2) is 59.9 Å². The van der Waals surface area contributed by atoms with Gasteiger partial charge in [-0.25, -0.2) is 4.79 Å². The first-order valence-electron chi connectivity index (χ1n) is 12.4. The number of hydrogen-bond acceptors (Lipinski definition) is 5. The van der Waals surface area contributed by atoms with E-state index < -0.39 is 17.8 Å². The average Bonchev–Trinajstić information content (AvgIpc) is 3.27. The summed E-state index contributed by atoms with van der Waals surface area (Å²) in [6.07, 6.45) is 0.0196. The van der Waals surface area contributed by atoms with E-state index in [1.807, 2.05) is 32.3 Å². The van der Waals surface area contributed by atoms with Crippen LogP contribution in [-0.2, 0) is 12.7 Å². The van der Waals surface area contributed by atoms with Gasteiger partial charge in [-0.15, -0.1) is 0 Å². The molecule has 0 bridgehead atoms. The highest BCUT2D eigenvalue weighted by Gasteiger charge is 2.36. The van der Waals surface area contributed by atoms with Gasteiger partial charge in [0.1, 0.15) is 11.9 Å². The van der Waals surface area contributed by atoms with E-state index in [2.05, 4.69) is 25.5 Å². The highest BCUT2D eigenvalue weighted by atomic mass is 19.4. The number of nitrogens with one attached hydrogen (secondary N) is 2. The second-order valence-corrected chi connectivity index (χ2v) is 9.61. The van der Waals surface area contributed by atoms with E-state index in [4.69, 9.17) is 4.74 Å². The maximum absolute atomic E-state index is 13.8. The van der Waals surface area contributed by atoms with Crippen molar-refractivity contribution in [3.05, 3.63) is 71.5 Å². The molecule has 2 aliphatic rings. The number of pyridine rings is 1. The number of piperidine rings is 1. The minimum Gasteiger partial charge on any atom is -0.490 e. The van der Waals surface area contributed by atoms with Gasteiger partial charge in [0.2, 0.25) is 0 Å². The monoisotopic (exact) mass is 523 g/mol. The SMILES string of the molecule is CC1=NCc2cncc(-c3ccc(NC(=O)Nc4ccc(OC5CCN(C)CC5)c(C(F)(F)F)c4)cc3)c21. The van der Waals surface area contributed by atoms with Crippen LogP contribution < -0.4 is 15.4 Å². The summed E-state index contributed by atoms with van der Waals surface area (Å²) in [5.74, 6) is -0.226. The number of benzene rings is 2. The third kappa shape index (κ3) is 5.65. The van der Waals surface area contributed by atoms with Gasteiger partial charge in [-0.05, 0) is 62.7 Å². The minimum absolute atomic E-state index is 0.0165. The summed E-state index contributed by atoms with van der Waals surface area (Å²) in [4.78, 5) is 23.5. The van der Waals surface area contributed by atoms with Crippen LogP contribution in [0.3, 0.4) is 0 Å². The van der Waals surface area contributed by atoms with Crippen LogP contribution in [0.25, 0.3) is 11.1 Å². The van der Waals surface area contributed by atoms with E-state index in [1.54, 1.807) is 18.3 Å². The molecule has 0 aliphatic carbocycles. The molecule has 0 spiro atoms. The van der Waals surface area contributed by atoms with Crippen molar-refractivity contribution >= 4 is 23.1 Å². The largest absolute Gasteiger partial charge is 0.490 e. The zero-order chi connectivity index (χ0) is 26.9. The first kappa shape index (κ1) is 25.7. The first-order valence-corrected chi connectivity index (χ1v) is 12.4. The van der Waals surface area contributed by atoms with Crippen LogP contribution in [0.4, 0.5) is 29.3 Å². The molecular weight excluding hydrogens is 495 g/mol. The van der Waals surface area contributed by atoms with Gasteiger partial charge in [0, 0.05) is 59.3 Å². The Morgan fingerprint density at radius 3 is 2.42 bits per heavy atom. The number of urea groups is 1. The molecule has 2 N–H and O–H groups in total. The van der Waals surface area contributed by atoms with E-state index in [-0.39, 0.29) is 17.5 Å². The summed E-state index contributed by atoms with van der Waals surface area (Å²) in [5, 5.41) is 5.15. The topological polar surface area (TPSA) is 78.8 Å². The molecule has 2 amide bonds. The zero-order valence-corrected chi connectivity index (χ0v) is 21.1. The second-order valence-electron chi connectivity index (χ2n) is 9.61. The molecule has 0 radical (unpaired) electrons. The lowest BCUT2D eigenvalue weighted by Gasteiger charge is -2.30.